The summed E-state index contributed by atoms with van der Waals surface area (Å²) in [4.78, 5) is 7.45. The van der Waals surface area contributed by atoms with E-state index in [1.807, 2.05) is 0 Å². The third-order valence-corrected chi connectivity index (χ3v) is 3.54. The van der Waals surface area contributed by atoms with Gasteiger partial charge in [-0.05, 0) is 18.8 Å². The van der Waals surface area contributed by atoms with Gasteiger partial charge in [0.05, 0.1) is 0 Å². The van der Waals surface area contributed by atoms with Crippen LogP contribution in [0.2, 0.25) is 0 Å². The van der Waals surface area contributed by atoms with Crippen LogP contribution in [0.3, 0.4) is 0 Å². The van der Waals surface area contributed by atoms with E-state index in [9.17, 15) is 13.2 Å². The van der Waals surface area contributed by atoms with Gasteiger partial charge in [-0.3, -0.25) is 0 Å². The minimum Gasteiger partial charge on any atom is -0.370 e. The summed E-state index contributed by atoms with van der Waals surface area (Å²) in [6.07, 6.45) is 1.45. The number of rotatable bonds is 4. The number of nitrogens with one attached hydrogen (secondary N) is 2. The number of nitrogens with zero attached hydrogens (tertiary/aromatic N) is 2. The lowest BCUT2D eigenvalue weighted by Gasteiger charge is -2.22. The fraction of sp³-hybridized carbons (Fsp3) is 0.692. The van der Waals surface area contributed by atoms with Crippen molar-refractivity contribution in [2.75, 3.05) is 24.2 Å². The largest absolute Gasteiger partial charge is 0.433 e. The van der Waals surface area contributed by atoms with Crippen LogP contribution in [-0.4, -0.2) is 23.6 Å². The predicted octanol–water partition coefficient (Wildman–Crippen LogP) is 3.53. The second-order valence-corrected chi connectivity index (χ2v) is 5.09. The van der Waals surface area contributed by atoms with Crippen molar-refractivity contribution >= 4 is 11.8 Å². The van der Waals surface area contributed by atoms with Gasteiger partial charge in [-0.1, -0.05) is 19.3 Å². The average molecular weight is 288 g/mol. The van der Waals surface area contributed by atoms with Gasteiger partial charge in [0, 0.05) is 19.7 Å². The molecule has 1 aromatic heterocycles. The van der Waals surface area contributed by atoms with Gasteiger partial charge < -0.3 is 10.6 Å². The molecule has 1 saturated carbocycles. The number of alkyl halides is 3. The van der Waals surface area contributed by atoms with Gasteiger partial charge in [-0.25, -0.2) is 4.98 Å². The zero-order valence-corrected chi connectivity index (χ0v) is 11.4. The minimum atomic E-state index is -4.46. The average Bonchev–Trinajstić information content (AvgIpc) is 2.45. The molecule has 2 rings (SSSR count). The normalized spacial score (nSPS) is 17.0. The van der Waals surface area contributed by atoms with E-state index in [1.54, 1.807) is 0 Å². The molecule has 112 valence electrons. The third kappa shape index (κ3) is 3.98. The van der Waals surface area contributed by atoms with E-state index in [0.29, 0.717) is 12.5 Å². The first-order valence-electron chi connectivity index (χ1n) is 6.87. The molecular weight excluding hydrogens is 269 g/mol. The fourth-order valence-corrected chi connectivity index (χ4v) is 2.43. The topological polar surface area (TPSA) is 49.8 Å². The summed E-state index contributed by atoms with van der Waals surface area (Å²) in [5.41, 5.74) is -0.928. The molecule has 0 spiro atoms. The van der Waals surface area contributed by atoms with Crippen LogP contribution in [0.15, 0.2) is 6.07 Å². The lowest BCUT2D eigenvalue weighted by Crippen LogP contribution is -2.19. The van der Waals surface area contributed by atoms with Gasteiger partial charge in [-0.2, -0.15) is 18.2 Å². The van der Waals surface area contributed by atoms with Crippen molar-refractivity contribution in [3.05, 3.63) is 11.8 Å². The molecule has 1 fully saturated rings. The van der Waals surface area contributed by atoms with Crippen LogP contribution in [0.25, 0.3) is 0 Å². The van der Waals surface area contributed by atoms with Crippen molar-refractivity contribution in [2.24, 2.45) is 5.92 Å². The second kappa shape index (κ2) is 6.28. The van der Waals surface area contributed by atoms with Gasteiger partial charge in [0.25, 0.3) is 0 Å². The van der Waals surface area contributed by atoms with E-state index in [-0.39, 0.29) is 11.8 Å². The zero-order chi connectivity index (χ0) is 14.6. The molecule has 0 amide bonds. The number of halogens is 3. The van der Waals surface area contributed by atoms with Crippen LogP contribution in [-0.2, 0) is 6.18 Å². The molecule has 4 nitrogen and oxygen atoms in total. The van der Waals surface area contributed by atoms with Gasteiger partial charge in [0.1, 0.15) is 5.82 Å². The van der Waals surface area contributed by atoms with E-state index in [0.717, 1.165) is 18.9 Å². The molecule has 1 aliphatic rings. The number of hydrogen-bond acceptors (Lipinski definition) is 4. The first kappa shape index (κ1) is 14.9. The van der Waals surface area contributed by atoms with E-state index in [1.165, 1.54) is 26.3 Å². The minimum absolute atomic E-state index is 0.0223. The highest BCUT2D eigenvalue weighted by molar-refractivity contribution is 5.42. The Morgan fingerprint density at radius 3 is 2.50 bits per heavy atom. The summed E-state index contributed by atoms with van der Waals surface area (Å²) >= 11 is 0. The molecular formula is C13H19F3N4. The molecule has 2 N–H and O–H groups in total. The van der Waals surface area contributed by atoms with Crippen molar-refractivity contribution in [3.63, 3.8) is 0 Å². The lowest BCUT2D eigenvalue weighted by molar-refractivity contribution is -0.141. The van der Waals surface area contributed by atoms with Crippen LogP contribution in [0.1, 0.15) is 37.8 Å². The maximum Gasteiger partial charge on any atom is 0.433 e. The predicted molar refractivity (Wildman–Crippen MR) is 71.6 cm³/mol. The summed E-state index contributed by atoms with van der Waals surface area (Å²) in [5.74, 6) is 0.722. The molecule has 0 radical (unpaired) electrons. The summed E-state index contributed by atoms with van der Waals surface area (Å²) in [6, 6.07) is 0.962. The summed E-state index contributed by atoms with van der Waals surface area (Å²) < 4.78 is 38.2. The van der Waals surface area contributed by atoms with Crippen LogP contribution in [0, 0.1) is 5.92 Å². The van der Waals surface area contributed by atoms with Gasteiger partial charge in [0.2, 0.25) is 5.95 Å². The molecule has 0 atom stereocenters. The number of aromatic nitrogens is 2. The Morgan fingerprint density at radius 1 is 1.20 bits per heavy atom. The monoisotopic (exact) mass is 288 g/mol. The first-order chi connectivity index (χ1) is 9.49. The Hall–Kier alpha value is -1.53. The van der Waals surface area contributed by atoms with E-state index in [2.05, 4.69) is 20.6 Å². The summed E-state index contributed by atoms with van der Waals surface area (Å²) in [6.45, 7) is 0.664. The van der Waals surface area contributed by atoms with E-state index < -0.39 is 11.9 Å². The fourth-order valence-electron chi connectivity index (χ4n) is 2.43. The van der Waals surface area contributed by atoms with Gasteiger partial charge in [0.15, 0.2) is 5.69 Å². The van der Waals surface area contributed by atoms with Crippen molar-refractivity contribution < 1.29 is 13.2 Å². The molecule has 20 heavy (non-hydrogen) atoms. The van der Waals surface area contributed by atoms with Crippen LogP contribution in [0.5, 0.6) is 0 Å². The Morgan fingerprint density at radius 2 is 1.90 bits per heavy atom. The van der Waals surface area contributed by atoms with E-state index in [4.69, 9.17) is 0 Å². The highest BCUT2D eigenvalue weighted by atomic mass is 19.4. The number of anilines is 2. The SMILES string of the molecule is CNc1nc(NCC2CCCCC2)cc(C(F)(F)F)n1. The maximum atomic E-state index is 12.7. The summed E-state index contributed by atoms with van der Waals surface area (Å²) in [5, 5.41) is 5.57. The molecule has 1 aliphatic carbocycles. The maximum absolute atomic E-state index is 12.7. The second-order valence-electron chi connectivity index (χ2n) is 5.09. The number of hydrogen-bond donors (Lipinski definition) is 2. The molecule has 0 unspecified atom stereocenters. The Bertz CT molecular complexity index is 442. The van der Waals surface area contributed by atoms with Crippen LogP contribution in [0.4, 0.5) is 24.9 Å². The van der Waals surface area contributed by atoms with Crippen LogP contribution >= 0.6 is 0 Å². The molecule has 1 aromatic rings. The Kier molecular flexibility index (Phi) is 4.67. The van der Waals surface area contributed by atoms with Crippen molar-refractivity contribution in [1.82, 2.24) is 9.97 Å². The Labute approximate surface area is 116 Å². The van der Waals surface area contributed by atoms with Crippen molar-refractivity contribution in [1.29, 1.82) is 0 Å². The molecule has 0 saturated heterocycles. The molecule has 0 bridgehead atoms. The molecule has 0 aliphatic heterocycles. The molecule has 1 heterocycles. The van der Waals surface area contributed by atoms with E-state index >= 15 is 0 Å². The Balaban J connectivity index is 2.06. The third-order valence-electron chi connectivity index (χ3n) is 3.54. The highest BCUT2D eigenvalue weighted by Crippen LogP contribution is 2.30. The lowest BCUT2D eigenvalue weighted by atomic mass is 9.89. The molecule has 0 aromatic carbocycles. The van der Waals surface area contributed by atoms with Crippen molar-refractivity contribution in [2.45, 2.75) is 38.3 Å². The first-order valence-corrected chi connectivity index (χ1v) is 6.87. The summed E-state index contributed by atoms with van der Waals surface area (Å²) in [7, 11) is 1.50. The zero-order valence-electron chi connectivity index (χ0n) is 11.4. The van der Waals surface area contributed by atoms with Gasteiger partial charge in [-0.15, -0.1) is 0 Å². The molecule has 7 heteroatoms. The van der Waals surface area contributed by atoms with Crippen LogP contribution < -0.4 is 10.6 Å². The quantitative estimate of drug-likeness (QED) is 0.890. The standard InChI is InChI=1S/C13H19F3N4/c1-17-12-19-10(13(14,15)16)7-11(20-12)18-8-9-5-3-2-4-6-9/h7,9H,2-6,8H2,1H3,(H2,17,18,19,20). The smallest absolute Gasteiger partial charge is 0.370 e. The van der Waals surface area contributed by atoms with Gasteiger partial charge >= 0.3 is 6.18 Å². The highest BCUT2D eigenvalue weighted by Gasteiger charge is 2.33. The van der Waals surface area contributed by atoms with Crippen molar-refractivity contribution in [3.8, 4) is 0 Å².